The van der Waals surface area contributed by atoms with Crippen LogP contribution in [0.3, 0.4) is 0 Å². The first-order chi connectivity index (χ1) is 9.72. The molecule has 0 radical (unpaired) electrons. The van der Waals surface area contributed by atoms with Crippen LogP contribution < -0.4 is 11.1 Å². The molecule has 0 amide bonds. The largest absolute Gasteiger partial charge is 0.409 e. The third-order valence-electron chi connectivity index (χ3n) is 3.94. The zero-order valence-corrected chi connectivity index (χ0v) is 12.0. The predicted octanol–water partition coefficient (Wildman–Crippen LogP) is 1.21. The molecule has 0 spiro atoms. The van der Waals surface area contributed by atoms with E-state index in [4.69, 9.17) is 10.9 Å². The molecule has 5 heteroatoms. The average molecular weight is 276 g/mol. The molecule has 1 atom stereocenters. The number of rotatable bonds is 6. The molecule has 0 saturated carbocycles. The van der Waals surface area contributed by atoms with Crippen molar-refractivity contribution in [1.82, 2.24) is 10.2 Å². The maximum Gasteiger partial charge on any atom is 0.170 e. The lowest BCUT2D eigenvalue weighted by Crippen LogP contribution is -2.26. The molecule has 1 unspecified atom stereocenters. The van der Waals surface area contributed by atoms with Crippen LogP contribution in [-0.2, 0) is 6.54 Å². The molecule has 0 bridgehead atoms. The summed E-state index contributed by atoms with van der Waals surface area (Å²) in [6.45, 7) is 7.76. The standard InChI is InChI=1S/C15H24N4O/c1-2-19-8-7-13(11-19)10-17-9-12-3-5-14(6-4-12)15(16)18-20/h3-6,13,17,20H,2,7-11H2,1H3,(H2,16,18). The Kier molecular flexibility index (Phi) is 5.38. The number of amidine groups is 1. The van der Waals surface area contributed by atoms with Gasteiger partial charge in [0, 0.05) is 18.7 Å². The first kappa shape index (κ1) is 14.8. The Bertz CT molecular complexity index is 444. The van der Waals surface area contributed by atoms with Crippen molar-refractivity contribution < 1.29 is 5.21 Å². The number of likely N-dealkylation sites (tertiary alicyclic amines) is 1. The first-order valence-corrected chi connectivity index (χ1v) is 7.22. The van der Waals surface area contributed by atoms with Crippen LogP contribution >= 0.6 is 0 Å². The number of benzene rings is 1. The van der Waals surface area contributed by atoms with Crippen molar-refractivity contribution in [3.05, 3.63) is 35.4 Å². The summed E-state index contributed by atoms with van der Waals surface area (Å²) in [5.41, 5.74) is 7.49. The van der Waals surface area contributed by atoms with Crippen molar-refractivity contribution in [2.24, 2.45) is 16.8 Å². The van der Waals surface area contributed by atoms with Crippen LogP contribution in [0.25, 0.3) is 0 Å². The molecule has 0 aromatic heterocycles. The molecule has 1 aliphatic heterocycles. The van der Waals surface area contributed by atoms with E-state index in [0.29, 0.717) is 0 Å². The third kappa shape index (κ3) is 3.95. The SMILES string of the molecule is CCN1CCC(CNCc2ccc(C(N)=NO)cc2)C1. The molecule has 1 heterocycles. The molecule has 110 valence electrons. The first-order valence-electron chi connectivity index (χ1n) is 7.22. The minimum atomic E-state index is 0.148. The minimum absolute atomic E-state index is 0.148. The van der Waals surface area contributed by atoms with E-state index in [9.17, 15) is 0 Å². The Morgan fingerprint density at radius 1 is 1.45 bits per heavy atom. The monoisotopic (exact) mass is 276 g/mol. The van der Waals surface area contributed by atoms with Crippen molar-refractivity contribution in [3.63, 3.8) is 0 Å². The van der Waals surface area contributed by atoms with Gasteiger partial charge in [0.25, 0.3) is 0 Å². The summed E-state index contributed by atoms with van der Waals surface area (Å²) >= 11 is 0. The fraction of sp³-hybridized carbons (Fsp3) is 0.533. The van der Waals surface area contributed by atoms with E-state index in [-0.39, 0.29) is 5.84 Å². The highest BCUT2D eigenvalue weighted by Gasteiger charge is 2.20. The molecule has 0 aliphatic carbocycles. The highest BCUT2D eigenvalue weighted by atomic mass is 16.4. The van der Waals surface area contributed by atoms with E-state index in [1.807, 2.05) is 24.3 Å². The van der Waals surface area contributed by atoms with Crippen molar-refractivity contribution >= 4 is 5.84 Å². The Hall–Kier alpha value is -1.59. The van der Waals surface area contributed by atoms with Gasteiger partial charge in [-0.15, -0.1) is 0 Å². The quantitative estimate of drug-likeness (QED) is 0.316. The van der Waals surface area contributed by atoms with E-state index >= 15 is 0 Å². The van der Waals surface area contributed by atoms with Crippen molar-refractivity contribution in [1.29, 1.82) is 0 Å². The molecule has 1 aromatic carbocycles. The molecule has 5 nitrogen and oxygen atoms in total. The van der Waals surface area contributed by atoms with Gasteiger partial charge >= 0.3 is 0 Å². The summed E-state index contributed by atoms with van der Waals surface area (Å²) in [4.78, 5) is 2.50. The van der Waals surface area contributed by atoms with E-state index in [1.165, 1.54) is 25.1 Å². The molecular formula is C15H24N4O. The highest BCUT2D eigenvalue weighted by Crippen LogP contribution is 2.14. The van der Waals surface area contributed by atoms with Crippen LogP contribution in [0.4, 0.5) is 0 Å². The number of nitrogens with one attached hydrogen (secondary N) is 1. The highest BCUT2D eigenvalue weighted by molar-refractivity contribution is 5.96. The Morgan fingerprint density at radius 2 is 2.20 bits per heavy atom. The minimum Gasteiger partial charge on any atom is -0.409 e. The fourth-order valence-corrected chi connectivity index (χ4v) is 2.64. The number of nitrogens with two attached hydrogens (primary N) is 1. The number of hydrogen-bond acceptors (Lipinski definition) is 4. The van der Waals surface area contributed by atoms with Gasteiger partial charge in [-0.05, 0) is 37.5 Å². The van der Waals surface area contributed by atoms with Gasteiger partial charge in [-0.3, -0.25) is 0 Å². The van der Waals surface area contributed by atoms with Crippen molar-refractivity contribution in [2.45, 2.75) is 19.9 Å². The topological polar surface area (TPSA) is 73.9 Å². The number of nitrogens with zero attached hydrogens (tertiary/aromatic N) is 2. The molecule has 1 aliphatic rings. The lowest BCUT2D eigenvalue weighted by atomic mass is 10.1. The van der Waals surface area contributed by atoms with E-state index in [1.54, 1.807) is 0 Å². The molecule has 1 aromatic rings. The van der Waals surface area contributed by atoms with Gasteiger partial charge in [0.1, 0.15) is 0 Å². The number of oxime groups is 1. The van der Waals surface area contributed by atoms with Gasteiger partial charge in [0.2, 0.25) is 0 Å². The summed E-state index contributed by atoms with van der Waals surface area (Å²) in [5.74, 6) is 0.918. The summed E-state index contributed by atoms with van der Waals surface area (Å²) in [5, 5.41) is 15.1. The summed E-state index contributed by atoms with van der Waals surface area (Å²) in [6, 6.07) is 7.77. The maximum absolute atomic E-state index is 8.61. The van der Waals surface area contributed by atoms with Gasteiger partial charge in [-0.1, -0.05) is 36.3 Å². The summed E-state index contributed by atoms with van der Waals surface area (Å²) < 4.78 is 0. The van der Waals surface area contributed by atoms with Crippen molar-refractivity contribution in [2.75, 3.05) is 26.2 Å². The predicted molar refractivity (Wildman–Crippen MR) is 80.9 cm³/mol. The van der Waals surface area contributed by atoms with E-state index < -0.39 is 0 Å². The van der Waals surface area contributed by atoms with E-state index in [2.05, 4.69) is 22.3 Å². The van der Waals surface area contributed by atoms with Gasteiger partial charge in [-0.25, -0.2) is 0 Å². The fourth-order valence-electron chi connectivity index (χ4n) is 2.64. The van der Waals surface area contributed by atoms with Crippen molar-refractivity contribution in [3.8, 4) is 0 Å². The Morgan fingerprint density at radius 3 is 2.80 bits per heavy atom. The molecule has 1 fully saturated rings. The van der Waals surface area contributed by atoms with Gasteiger partial charge in [0.05, 0.1) is 0 Å². The zero-order valence-electron chi connectivity index (χ0n) is 12.0. The van der Waals surface area contributed by atoms with E-state index in [0.717, 1.165) is 31.1 Å². The molecule has 20 heavy (non-hydrogen) atoms. The lowest BCUT2D eigenvalue weighted by molar-refractivity contribution is 0.318. The Labute approximate surface area is 120 Å². The molecular weight excluding hydrogens is 252 g/mol. The van der Waals surface area contributed by atoms with Crippen LogP contribution in [0.5, 0.6) is 0 Å². The average Bonchev–Trinajstić information content (AvgIpc) is 2.95. The molecule has 2 rings (SSSR count). The van der Waals surface area contributed by atoms with Crippen LogP contribution in [0.1, 0.15) is 24.5 Å². The van der Waals surface area contributed by atoms with Gasteiger partial charge in [-0.2, -0.15) is 0 Å². The lowest BCUT2D eigenvalue weighted by Gasteiger charge is -2.13. The van der Waals surface area contributed by atoms with Crippen LogP contribution in [-0.4, -0.2) is 42.1 Å². The third-order valence-corrected chi connectivity index (χ3v) is 3.94. The zero-order chi connectivity index (χ0) is 14.4. The number of hydrogen-bond donors (Lipinski definition) is 3. The smallest absolute Gasteiger partial charge is 0.170 e. The van der Waals surface area contributed by atoms with Gasteiger partial charge in [0.15, 0.2) is 5.84 Å². The summed E-state index contributed by atoms with van der Waals surface area (Å²) in [7, 11) is 0. The normalized spacial score (nSPS) is 20.4. The van der Waals surface area contributed by atoms with Crippen LogP contribution in [0, 0.1) is 5.92 Å². The Balaban J connectivity index is 1.74. The second-order valence-corrected chi connectivity index (χ2v) is 5.36. The molecule has 1 saturated heterocycles. The molecule has 4 N–H and O–H groups in total. The second kappa shape index (κ2) is 7.26. The second-order valence-electron chi connectivity index (χ2n) is 5.36. The summed E-state index contributed by atoms with van der Waals surface area (Å²) in [6.07, 6.45) is 1.29. The van der Waals surface area contributed by atoms with Crippen LogP contribution in [0.15, 0.2) is 29.4 Å². The van der Waals surface area contributed by atoms with Gasteiger partial charge < -0.3 is 21.2 Å². The van der Waals surface area contributed by atoms with Crippen LogP contribution in [0.2, 0.25) is 0 Å². The maximum atomic E-state index is 8.61.